The van der Waals surface area contributed by atoms with Crippen LogP contribution in [0, 0.1) is 0 Å². The summed E-state index contributed by atoms with van der Waals surface area (Å²) in [4.78, 5) is 18.8. The standard InChI is InChI=1S/C20H17Cl2F3N4O/c1-11-4-2-3-7-28(11)19(30)16-10-18-26-15(12-5-6-13(21)14(22)8-12)9-17(20(23,24)25)29(18)27-16/h5-6,8-11H,2-4,7H2,1H3/t11-/m1/s1. The van der Waals surface area contributed by atoms with Gasteiger partial charge in [-0.05, 0) is 44.4 Å². The number of hydrogen-bond acceptors (Lipinski definition) is 3. The van der Waals surface area contributed by atoms with Crippen LogP contribution in [0.3, 0.4) is 0 Å². The molecule has 0 bridgehead atoms. The SMILES string of the molecule is C[C@@H]1CCCCN1C(=O)c1cc2nc(-c3ccc(Cl)c(Cl)c3)cc(C(F)(F)F)n2n1. The summed E-state index contributed by atoms with van der Waals surface area (Å²) in [6.07, 6.45) is -1.97. The number of piperidine rings is 1. The van der Waals surface area contributed by atoms with Crippen LogP contribution in [0.5, 0.6) is 0 Å². The molecule has 5 nitrogen and oxygen atoms in total. The molecular formula is C20H17Cl2F3N4O. The highest BCUT2D eigenvalue weighted by atomic mass is 35.5. The number of alkyl halides is 3. The molecule has 0 N–H and O–H groups in total. The summed E-state index contributed by atoms with van der Waals surface area (Å²) in [5.41, 5.74) is -0.735. The summed E-state index contributed by atoms with van der Waals surface area (Å²) < 4.78 is 41.9. The maximum Gasteiger partial charge on any atom is 0.433 e. The molecule has 0 aliphatic carbocycles. The van der Waals surface area contributed by atoms with Gasteiger partial charge in [0.15, 0.2) is 17.0 Å². The van der Waals surface area contributed by atoms with Crippen LogP contribution in [0.15, 0.2) is 30.3 Å². The molecule has 0 saturated carbocycles. The Labute approximate surface area is 180 Å². The maximum atomic E-state index is 13.8. The lowest BCUT2D eigenvalue weighted by Crippen LogP contribution is -2.42. The molecule has 1 aliphatic heterocycles. The first-order valence-corrected chi connectivity index (χ1v) is 10.1. The summed E-state index contributed by atoms with van der Waals surface area (Å²) in [6, 6.07) is 6.66. The lowest BCUT2D eigenvalue weighted by Gasteiger charge is -2.32. The molecule has 3 aromatic rings. The fourth-order valence-corrected chi connectivity index (χ4v) is 3.93. The topological polar surface area (TPSA) is 50.5 Å². The lowest BCUT2D eigenvalue weighted by molar-refractivity contribution is -0.142. The molecule has 0 spiro atoms. The number of aromatic nitrogens is 3. The second kappa shape index (κ2) is 7.74. The third-order valence-electron chi connectivity index (χ3n) is 5.22. The number of fused-ring (bicyclic) bond motifs is 1. The van der Waals surface area contributed by atoms with Crippen LogP contribution in [-0.2, 0) is 6.18 Å². The predicted octanol–water partition coefficient (Wildman–Crippen LogP) is 5.74. The number of likely N-dealkylation sites (tertiary alicyclic amines) is 1. The van der Waals surface area contributed by atoms with Gasteiger partial charge in [0.2, 0.25) is 0 Å². The number of hydrogen-bond donors (Lipinski definition) is 0. The van der Waals surface area contributed by atoms with Crippen molar-refractivity contribution in [2.75, 3.05) is 6.54 Å². The van der Waals surface area contributed by atoms with Crippen LogP contribution >= 0.6 is 23.2 Å². The fourth-order valence-electron chi connectivity index (χ4n) is 3.63. The number of rotatable bonds is 2. The van der Waals surface area contributed by atoms with E-state index in [1.54, 1.807) is 4.90 Å². The molecule has 0 radical (unpaired) electrons. The molecule has 2 aromatic heterocycles. The second-order valence-corrected chi connectivity index (χ2v) is 8.11. The highest BCUT2D eigenvalue weighted by Crippen LogP contribution is 2.34. The van der Waals surface area contributed by atoms with E-state index in [-0.39, 0.29) is 33.1 Å². The average Bonchev–Trinajstić information content (AvgIpc) is 3.12. The number of carbonyl (C=O) groups is 1. The lowest BCUT2D eigenvalue weighted by atomic mass is 10.0. The van der Waals surface area contributed by atoms with E-state index in [1.807, 2.05) is 6.92 Å². The van der Waals surface area contributed by atoms with Crippen molar-refractivity contribution in [2.45, 2.75) is 38.4 Å². The van der Waals surface area contributed by atoms with Gasteiger partial charge in [-0.3, -0.25) is 4.79 Å². The highest BCUT2D eigenvalue weighted by molar-refractivity contribution is 6.42. The summed E-state index contributed by atoms with van der Waals surface area (Å²) in [6.45, 7) is 2.48. The quantitative estimate of drug-likeness (QED) is 0.494. The Kier molecular flexibility index (Phi) is 5.40. The van der Waals surface area contributed by atoms with Gasteiger partial charge in [-0.1, -0.05) is 29.3 Å². The Morgan fingerprint density at radius 1 is 1.13 bits per heavy atom. The maximum absolute atomic E-state index is 13.8. The smallest absolute Gasteiger partial charge is 0.335 e. The first-order chi connectivity index (χ1) is 14.1. The van der Waals surface area contributed by atoms with Crippen molar-refractivity contribution >= 4 is 34.8 Å². The molecule has 30 heavy (non-hydrogen) atoms. The van der Waals surface area contributed by atoms with Gasteiger partial charge in [0.05, 0.1) is 15.7 Å². The minimum absolute atomic E-state index is 0.0119. The summed E-state index contributed by atoms with van der Waals surface area (Å²) in [7, 11) is 0. The van der Waals surface area contributed by atoms with Gasteiger partial charge in [0, 0.05) is 24.2 Å². The Morgan fingerprint density at radius 3 is 2.57 bits per heavy atom. The summed E-state index contributed by atoms with van der Waals surface area (Å²) >= 11 is 11.9. The van der Waals surface area contributed by atoms with Gasteiger partial charge >= 0.3 is 6.18 Å². The minimum Gasteiger partial charge on any atom is -0.335 e. The van der Waals surface area contributed by atoms with Gasteiger partial charge in [-0.2, -0.15) is 18.3 Å². The molecule has 158 valence electrons. The van der Waals surface area contributed by atoms with Crippen LogP contribution in [0.4, 0.5) is 13.2 Å². The molecule has 3 heterocycles. The van der Waals surface area contributed by atoms with Crippen LogP contribution in [-0.4, -0.2) is 38.0 Å². The zero-order valence-electron chi connectivity index (χ0n) is 15.9. The molecule has 10 heteroatoms. The van der Waals surface area contributed by atoms with Crippen LogP contribution in [0.1, 0.15) is 42.4 Å². The monoisotopic (exact) mass is 456 g/mol. The molecule has 1 aliphatic rings. The van der Waals surface area contributed by atoms with Crippen molar-refractivity contribution in [3.8, 4) is 11.3 Å². The van der Waals surface area contributed by atoms with Gasteiger partial charge in [0.1, 0.15) is 0 Å². The van der Waals surface area contributed by atoms with Gasteiger partial charge < -0.3 is 4.90 Å². The highest BCUT2D eigenvalue weighted by Gasteiger charge is 2.36. The number of benzene rings is 1. The van der Waals surface area contributed by atoms with E-state index in [9.17, 15) is 18.0 Å². The fraction of sp³-hybridized carbons (Fsp3) is 0.350. The van der Waals surface area contributed by atoms with Crippen molar-refractivity contribution < 1.29 is 18.0 Å². The molecule has 1 fully saturated rings. The molecule has 0 unspecified atom stereocenters. The van der Waals surface area contributed by atoms with Gasteiger partial charge in [-0.15, -0.1) is 0 Å². The van der Waals surface area contributed by atoms with E-state index in [0.717, 1.165) is 25.3 Å². The van der Waals surface area contributed by atoms with Crippen molar-refractivity contribution in [3.05, 3.63) is 51.8 Å². The van der Waals surface area contributed by atoms with E-state index < -0.39 is 17.8 Å². The summed E-state index contributed by atoms with van der Waals surface area (Å²) in [5.74, 6) is -0.392. The van der Waals surface area contributed by atoms with E-state index in [4.69, 9.17) is 23.2 Å². The number of amides is 1. The Bertz CT molecular complexity index is 1130. The van der Waals surface area contributed by atoms with E-state index in [1.165, 1.54) is 24.3 Å². The number of nitrogens with zero attached hydrogens (tertiary/aromatic N) is 4. The van der Waals surface area contributed by atoms with Crippen molar-refractivity contribution in [1.82, 2.24) is 19.5 Å². The molecule has 4 rings (SSSR count). The van der Waals surface area contributed by atoms with E-state index in [0.29, 0.717) is 16.6 Å². The van der Waals surface area contributed by atoms with Gasteiger partial charge in [0.25, 0.3) is 5.91 Å². The first kappa shape index (κ1) is 20.9. The van der Waals surface area contributed by atoms with Crippen molar-refractivity contribution in [1.29, 1.82) is 0 Å². The molecule has 1 amide bonds. The normalized spacial score (nSPS) is 17.5. The van der Waals surface area contributed by atoms with Crippen molar-refractivity contribution in [2.24, 2.45) is 0 Å². The average molecular weight is 457 g/mol. The summed E-state index contributed by atoms with van der Waals surface area (Å²) in [5, 5.41) is 4.44. The Balaban J connectivity index is 1.83. The van der Waals surface area contributed by atoms with Crippen LogP contribution in [0.2, 0.25) is 10.0 Å². The van der Waals surface area contributed by atoms with Crippen molar-refractivity contribution in [3.63, 3.8) is 0 Å². The van der Waals surface area contributed by atoms with Crippen LogP contribution < -0.4 is 0 Å². The number of halogens is 5. The zero-order valence-corrected chi connectivity index (χ0v) is 17.4. The molecule has 1 aromatic carbocycles. The zero-order chi connectivity index (χ0) is 21.6. The predicted molar refractivity (Wildman–Crippen MR) is 108 cm³/mol. The third kappa shape index (κ3) is 3.86. The minimum atomic E-state index is -4.70. The molecule has 1 saturated heterocycles. The Morgan fingerprint density at radius 2 is 1.90 bits per heavy atom. The first-order valence-electron chi connectivity index (χ1n) is 9.39. The molecular weight excluding hydrogens is 440 g/mol. The number of carbonyl (C=O) groups excluding carboxylic acids is 1. The largest absolute Gasteiger partial charge is 0.433 e. The van der Waals surface area contributed by atoms with Crippen LogP contribution in [0.25, 0.3) is 16.9 Å². The third-order valence-corrected chi connectivity index (χ3v) is 5.95. The second-order valence-electron chi connectivity index (χ2n) is 7.30. The van der Waals surface area contributed by atoms with E-state index in [2.05, 4.69) is 10.1 Å². The van der Waals surface area contributed by atoms with Gasteiger partial charge in [-0.25, -0.2) is 9.50 Å². The molecule has 1 atom stereocenters. The van der Waals surface area contributed by atoms with E-state index >= 15 is 0 Å². The Hall–Kier alpha value is -2.32.